The van der Waals surface area contributed by atoms with Gasteiger partial charge in [-0.25, -0.2) is 4.79 Å². The van der Waals surface area contributed by atoms with Crippen LogP contribution in [0.25, 0.3) is 0 Å². The van der Waals surface area contributed by atoms with E-state index in [0.717, 1.165) is 5.56 Å². The summed E-state index contributed by atoms with van der Waals surface area (Å²) in [5.41, 5.74) is 0.898. The summed E-state index contributed by atoms with van der Waals surface area (Å²) < 4.78 is 7.05. The number of amides is 2. The van der Waals surface area contributed by atoms with Gasteiger partial charge in [0.05, 0.1) is 12.2 Å². The van der Waals surface area contributed by atoms with E-state index in [9.17, 15) is 9.59 Å². The number of hydrogen-bond donors (Lipinski definition) is 1. The number of pyridine rings is 1. The molecule has 0 saturated carbocycles. The molecule has 2 amide bonds. The minimum Gasteiger partial charge on any atom is -0.372 e. The number of morpholine rings is 1. The fourth-order valence-corrected chi connectivity index (χ4v) is 2.40. The summed E-state index contributed by atoms with van der Waals surface area (Å²) >= 11 is 0. The highest BCUT2D eigenvalue weighted by molar-refractivity contribution is 5.90. The van der Waals surface area contributed by atoms with Crippen LogP contribution in [-0.4, -0.2) is 40.8 Å². The van der Waals surface area contributed by atoms with E-state index in [2.05, 4.69) is 5.32 Å². The molecular weight excluding hydrogens is 258 g/mol. The molecule has 0 spiro atoms. The number of nitrogens with one attached hydrogen (secondary N) is 1. The summed E-state index contributed by atoms with van der Waals surface area (Å²) in [4.78, 5) is 26.0. The van der Waals surface area contributed by atoms with E-state index in [-0.39, 0.29) is 23.8 Å². The average molecular weight is 279 g/mol. The number of urea groups is 1. The molecule has 2 heterocycles. The zero-order valence-corrected chi connectivity index (χ0v) is 12.3. The molecule has 1 N–H and O–H groups in total. The molecule has 110 valence electrons. The quantitative estimate of drug-likeness (QED) is 0.843. The predicted molar refractivity (Wildman–Crippen MR) is 77.0 cm³/mol. The molecule has 1 fully saturated rings. The van der Waals surface area contributed by atoms with Crippen LogP contribution in [0.15, 0.2) is 17.1 Å². The van der Waals surface area contributed by atoms with Crippen LogP contribution in [0.2, 0.25) is 0 Å². The Balaban J connectivity index is 2.16. The van der Waals surface area contributed by atoms with Crippen LogP contribution >= 0.6 is 0 Å². The molecule has 1 aromatic heterocycles. The first kappa shape index (κ1) is 14.6. The molecule has 2 rings (SSSR count). The van der Waals surface area contributed by atoms with E-state index in [1.54, 1.807) is 18.1 Å². The summed E-state index contributed by atoms with van der Waals surface area (Å²) in [7, 11) is 1.66. The van der Waals surface area contributed by atoms with Gasteiger partial charge in [-0.3, -0.25) is 4.79 Å². The summed E-state index contributed by atoms with van der Waals surface area (Å²) in [6.07, 6.45) is 1.69. The summed E-state index contributed by atoms with van der Waals surface area (Å²) in [5, 5.41) is 2.73. The van der Waals surface area contributed by atoms with Gasteiger partial charge in [0, 0.05) is 26.3 Å². The van der Waals surface area contributed by atoms with Crippen molar-refractivity contribution >= 4 is 11.7 Å². The molecule has 1 aliphatic rings. The second-order valence-electron chi connectivity index (χ2n) is 5.38. The first-order chi connectivity index (χ1) is 9.38. The van der Waals surface area contributed by atoms with E-state index in [4.69, 9.17) is 4.74 Å². The largest absolute Gasteiger partial charge is 0.372 e. The second kappa shape index (κ2) is 5.66. The topological polar surface area (TPSA) is 63.6 Å². The monoisotopic (exact) mass is 279 g/mol. The molecule has 6 heteroatoms. The van der Waals surface area contributed by atoms with Crippen LogP contribution < -0.4 is 10.9 Å². The molecule has 0 unspecified atom stereocenters. The summed E-state index contributed by atoms with van der Waals surface area (Å²) in [6, 6.07) is 1.56. The number of rotatable bonds is 1. The zero-order chi connectivity index (χ0) is 14.9. The van der Waals surface area contributed by atoms with Gasteiger partial charge in [0.15, 0.2) is 0 Å². The lowest BCUT2D eigenvalue weighted by atomic mass is 10.2. The maximum atomic E-state index is 12.3. The van der Waals surface area contributed by atoms with Gasteiger partial charge in [0.2, 0.25) is 0 Å². The van der Waals surface area contributed by atoms with Crippen molar-refractivity contribution in [2.75, 3.05) is 18.4 Å². The van der Waals surface area contributed by atoms with Crippen LogP contribution in [0.1, 0.15) is 19.4 Å². The van der Waals surface area contributed by atoms with Gasteiger partial charge in [-0.1, -0.05) is 0 Å². The van der Waals surface area contributed by atoms with Crippen LogP contribution in [0.4, 0.5) is 10.5 Å². The van der Waals surface area contributed by atoms with Crippen molar-refractivity contribution in [3.05, 3.63) is 28.2 Å². The van der Waals surface area contributed by atoms with Gasteiger partial charge in [0.1, 0.15) is 5.69 Å². The highest BCUT2D eigenvalue weighted by Gasteiger charge is 2.26. The van der Waals surface area contributed by atoms with Gasteiger partial charge < -0.3 is 19.5 Å². The lowest BCUT2D eigenvalue weighted by molar-refractivity contribution is -0.0530. The molecule has 1 aromatic rings. The molecule has 2 atom stereocenters. The number of nitrogens with zero attached hydrogens (tertiary/aromatic N) is 2. The Bertz CT molecular complexity index is 557. The molecule has 20 heavy (non-hydrogen) atoms. The zero-order valence-electron chi connectivity index (χ0n) is 12.3. The third-order valence-corrected chi connectivity index (χ3v) is 3.42. The molecule has 0 radical (unpaired) electrons. The number of ether oxygens (including phenoxy) is 1. The first-order valence-corrected chi connectivity index (χ1v) is 6.76. The fourth-order valence-electron chi connectivity index (χ4n) is 2.40. The third-order valence-electron chi connectivity index (χ3n) is 3.42. The first-order valence-electron chi connectivity index (χ1n) is 6.76. The lowest BCUT2D eigenvalue weighted by Crippen LogP contribution is -2.50. The number of hydrogen-bond acceptors (Lipinski definition) is 3. The molecule has 0 aliphatic carbocycles. The van der Waals surface area contributed by atoms with Gasteiger partial charge in [0.25, 0.3) is 5.56 Å². The van der Waals surface area contributed by atoms with Crippen LogP contribution in [0.5, 0.6) is 0 Å². The summed E-state index contributed by atoms with van der Waals surface area (Å²) in [5.74, 6) is 0. The highest BCUT2D eigenvalue weighted by Crippen LogP contribution is 2.13. The average Bonchev–Trinajstić information content (AvgIpc) is 2.38. The number of aromatic nitrogens is 1. The van der Waals surface area contributed by atoms with Crippen molar-refractivity contribution in [2.45, 2.75) is 33.0 Å². The van der Waals surface area contributed by atoms with Crippen molar-refractivity contribution in [1.82, 2.24) is 9.47 Å². The van der Waals surface area contributed by atoms with Crippen molar-refractivity contribution in [3.8, 4) is 0 Å². The van der Waals surface area contributed by atoms with Crippen molar-refractivity contribution in [3.63, 3.8) is 0 Å². The fraction of sp³-hybridized carbons (Fsp3) is 0.571. The lowest BCUT2D eigenvalue weighted by Gasteiger charge is -2.35. The molecular formula is C14H21N3O3. The Morgan fingerprint density at radius 1 is 1.35 bits per heavy atom. The Hall–Kier alpha value is -1.82. The van der Waals surface area contributed by atoms with Gasteiger partial charge in [-0.2, -0.15) is 0 Å². The van der Waals surface area contributed by atoms with E-state index in [1.165, 1.54) is 4.57 Å². The standard InChI is InChI=1S/C14H21N3O3/c1-9-5-6-16(4)13(18)12(9)15-14(19)17-7-10(2)20-11(3)8-17/h5-6,10-11H,7-8H2,1-4H3,(H,15,19)/t10-,11+. The number of anilines is 1. The van der Waals surface area contributed by atoms with E-state index in [0.29, 0.717) is 18.8 Å². The molecule has 6 nitrogen and oxygen atoms in total. The van der Waals surface area contributed by atoms with Gasteiger partial charge >= 0.3 is 6.03 Å². The molecule has 1 saturated heterocycles. The van der Waals surface area contributed by atoms with Gasteiger partial charge in [-0.15, -0.1) is 0 Å². The number of carbonyl (C=O) groups is 1. The minimum absolute atomic E-state index is 0.00389. The van der Waals surface area contributed by atoms with Crippen molar-refractivity contribution in [2.24, 2.45) is 7.05 Å². The minimum atomic E-state index is -0.251. The van der Waals surface area contributed by atoms with Gasteiger partial charge in [-0.05, 0) is 32.4 Å². The van der Waals surface area contributed by atoms with Crippen molar-refractivity contribution < 1.29 is 9.53 Å². The van der Waals surface area contributed by atoms with Crippen molar-refractivity contribution in [1.29, 1.82) is 0 Å². The number of aryl methyl sites for hydroxylation is 2. The van der Waals surface area contributed by atoms with E-state index >= 15 is 0 Å². The molecule has 0 aromatic carbocycles. The normalized spacial score (nSPS) is 22.7. The molecule has 0 bridgehead atoms. The SMILES string of the molecule is Cc1ccn(C)c(=O)c1NC(=O)N1C[C@@H](C)O[C@@H](C)C1. The Labute approximate surface area is 118 Å². The predicted octanol–water partition coefficient (Wildman–Crippen LogP) is 1.33. The third kappa shape index (κ3) is 3.01. The maximum Gasteiger partial charge on any atom is 0.322 e. The van der Waals surface area contributed by atoms with Crippen LogP contribution in [0.3, 0.4) is 0 Å². The smallest absolute Gasteiger partial charge is 0.322 e. The Morgan fingerprint density at radius 2 is 1.95 bits per heavy atom. The highest BCUT2D eigenvalue weighted by atomic mass is 16.5. The van der Waals surface area contributed by atoms with E-state index in [1.807, 2.05) is 26.8 Å². The Morgan fingerprint density at radius 3 is 2.55 bits per heavy atom. The Kier molecular flexibility index (Phi) is 4.13. The van der Waals surface area contributed by atoms with Crippen LogP contribution in [-0.2, 0) is 11.8 Å². The second-order valence-corrected chi connectivity index (χ2v) is 5.38. The maximum absolute atomic E-state index is 12.3. The van der Waals surface area contributed by atoms with Crippen LogP contribution in [0, 0.1) is 6.92 Å². The molecule has 1 aliphatic heterocycles. The number of carbonyl (C=O) groups excluding carboxylic acids is 1. The summed E-state index contributed by atoms with van der Waals surface area (Å²) in [6.45, 7) is 6.73. The van der Waals surface area contributed by atoms with E-state index < -0.39 is 0 Å².